The number of benzene rings is 4. The van der Waals surface area contributed by atoms with E-state index < -0.39 is 10.8 Å². The van der Waals surface area contributed by atoms with Gasteiger partial charge in [-0.25, -0.2) is 0 Å². The van der Waals surface area contributed by atoms with Gasteiger partial charge in [0.05, 0.1) is 29.0 Å². The summed E-state index contributed by atoms with van der Waals surface area (Å²) < 4.78 is 4.99. The number of nitrogens with two attached hydrogens (primary N) is 2. The van der Waals surface area contributed by atoms with Crippen molar-refractivity contribution in [2.75, 3.05) is 38.0 Å². The predicted molar refractivity (Wildman–Crippen MR) is 146 cm³/mol. The van der Waals surface area contributed by atoms with Crippen LogP contribution in [0, 0.1) is 10.1 Å². The monoisotopic (exact) mass is 517 g/mol. The van der Waals surface area contributed by atoms with E-state index in [0.29, 0.717) is 27.8 Å². The van der Waals surface area contributed by atoms with E-state index in [1.54, 1.807) is 63.7 Å². The first-order chi connectivity index (χ1) is 18.0. The molecule has 4 aromatic rings. The number of ether oxygens (including phenoxy) is 1. The van der Waals surface area contributed by atoms with Crippen molar-refractivity contribution in [1.82, 2.24) is 4.90 Å². The number of nitrogens with one attached hydrogen (secondary N) is 1. The number of methoxy groups -OCH3 is 1. The minimum Gasteiger partial charge on any atom is -0.505 e. The number of amides is 2. The third-order valence-corrected chi connectivity index (χ3v) is 5.50. The highest BCUT2D eigenvalue weighted by molar-refractivity contribution is 6.12. The number of hydrogen-bond donors (Lipinski definition) is 4. The maximum absolute atomic E-state index is 12.4. The first-order valence-corrected chi connectivity index (χ1v) is 11.2. The molecule has 0 aliphatic rings. The Kier molecular flexibility index (Phi) is 8.33. The van der Waals surface area contributed by atoms with Crippen molar-refractivity contribution in [1.29, 1.82) is 0 Å². The Morgan fingerprint density at radius 3 is 2.34 bits per heavy atom. The zero-order chi connectivity index (χ0) is 28.0. The average molecular weight is 518 g/mol. The highest BCUT2D eigenvalue weighted by atomic mass is 16.6. The summed E-state index contributed by atoms with van der Waals surface area (Å²) in [4.78, 5) is 35.7. The summed E-state index contributed by atoms with van der Waals surface area (Å²) in [7, 11) is 4.94. The zero-order valence-corrected chi connectivity index (χ0v) is 21.0. The molecule has 11 nitrogen and oxygen atoms in total. The van der Waals surface area contributed by atoms with Crippen molar-refractivity contribution >= 4 is 45.3 Å². The molecule has 0 aliphatic heterocycles. The van der Waals surface area contributed by atoms with Gasteiger partial charge in [0.15, 0.2) is 5.75 Å². The van der Waals surface area contributed by atoms with Crippen LogP contribution in [0.2, 0.25) is 0 Å². The fourth-order valence-corrected chi connectivity index (χ4v) is 3.56. The summed E-state index contributed by atoms with van der Waals surface area (Å²) in [6.45, 7) is 0. The van der Waals surface area contributed by atoms with E-state index in [1.165, 1.54) is 35.2 Å². The molecule has 4 aromatic carbocycles. The van der Waals surface area contributed by atoms with Crippen LogP contribution >= 0.6 is 0 Å². The van der Waals surface area contributed by atoms with E-state index in [-0.39, 0.29) is 34.3 Å². The number of phenols is 1. The van der Waals surface area contributed by atoms with Gasteiger partial charge in [-0.05, 0) is 35.7 Å². The smallest absolute Gasteiger partial charge is 0.271 e. The Labute approximate surface area is 218 Å². The molecule has 0 saturated carbocycles. The number of carbonyl (C=O) groups is 2. The van der Waals surface area contributed by atoms with Gasteiger partial charge in [0.2, 0.25) is 0 Å². The summed E-state index contributed by atoms with van der Waals surface area (Å²) in [6.07, 6.45) is 0. The number of carbonyl (C=O) groups excluding carboxylic acids is 2. The van der Waals surface area contributed by atoms with Gasteiger partial charge in [-0.1, -0.05) is 30.3 Å². The normalized spacial score (nSPS) is 10.2. The van der Waals surface area contributed by atoms with Gasteiger partial charge in [0, 0.05) is 42.9 Å². The minimum absolute atomic E-state index is 0.00212. The number of nitrogen functional groups attached to an aromatic ring is 2. The van der Waals surface area contributed by atoms with Crippen LogP contribution < -0.4 is 21.5 Å². The SMILES string of the molecule is COc1ccc(C(=O)N(C)C)cc1N.Nc1c(O)c(C(=O)Nc2cccc([N+](=O)[O-])c2)cc2ccccc12. The predicted octanol–water partition coefficient (Wildman–Crippen LogP) is 4.27. The van der Waals surface area contributed by atoms with Crippen LogP contribution in [0.25, 0.3) is 10.8 Å². The van der Waals surface area contributed by atoms with Gasteiger partial charge in [-0.15, -0.1) is 0 Å². The Bertz CT molecular complexity index is 1520. The van der Waals surface area contributed by atoms with E-state index >= 15 is 0 Å². The molecule has 38 heavy (non-hydrogen) atoms. The maximum atomic E-state index is 12.4. The second-order valence-corrected chi connectivity index (χ2v) is 8.33. The first-order valence-electron chi connectivity index (χ1n) is 11.2. The molecule has 196 valence electrons. The van der Waals surface area contributed by atoms with Crippen LogP contribution in [0.1, 0.15) is 20.7 Å². The number of non-ortho nitro benzene ring substituents is 1. The number of phenolic OH excluding ortho intramolecular Hbond substituents is 1. The Morgan fingerprint density at radius 1 is 1.00 bits per heavy atom. The number of aromatic hydroxyl groups is 1. The number of hydrogen-bond acceptors (Lipinski definition) is 8. The molecule has 0 unspecified atom stereocenters. The van der Waals surface area contributed by atoms with Crippen LogP contribution in [0.5, 0.6) is 11.5 Å². The van der Waals surface area contributed by atoms with Crippen molar-refractivity contribution in [3.63, 3.8) is 0 Å². The summed E-state index contributed by atoms with van der Waals surface area (Å²) >= 11 is 0. The van der Waals surface area contributed by atoms with Gasteiger partial charge < -0.3 is 31.5 Å². The zero-order valence-electron chi connectivity index (χ0n) is 21.0. The number of anilines is 3. The number of nitrogens with zero attached hydrogens (tertiary/aromatic N) is 2. The number of rotatable bonds is 5. The summed E-state index contributed by atoms with van der Waals surface area (Å²) in [5, 5.41) is 24.9. The largest absolute Gasteiger partial charge is 0.505 e. The molecule has 0 atom stereocenters. The number of nitro groups is 1. The third-order valence-electron chi connectivity index (χ3n) is 5.50. The van der Waals surface area contributed by atoms with Crippen LogP contribution in [0.4, 0.5) is 22.7 Å². The minimum atomic E-state index is -0.606. The highest BCUT2D eigenvalue weighted by Crippen LogP contribution is 2.34. The van der Waals surface area contributed by atoms with Crippen molar-refractivity contribution in [2.24, 2.45) is 0 Å². The van der Waals surface area contributed by atoms with E-state index in [9.17, 15) is 24.8 Å². The molecule has 6 N–H and O–H groups in total. The van der Waals surface area contributed by atoms with Crippen molar-refractivity contribution in [2.45, 2.75) is 0 Å². The number of nitro benzene ring substituents is 1. The standard InChI is InChI=1S/C17H13N3O4.C10H14N2O2/c18-15-13-7-2-1-4-10(13)8-14(16(15)21)17(22)19-11-5-3-6-12(9-11)20(23)24;1-12(2)10(13)7-4-5-9(14-3)8(11)6-7/h1-9,21H,18H2,(H,19,22);4-6H,11H2,1-3H3. The second kappa shape index (κ2) is 11.6. The van der Waals surface area contributed by atoms with Gasteiger partial charge in [-0.2, -0.15) is 0 Å². The number of fused-ring (bicyclic) bond motifs is 1. The van der Waals surface area contributed by atoms with Crippen molar-refractivity contribution in [3.05, 3.63) is 94.0 Å². The molecule has 0 aromatic heterocycles. The summed E-state index contributed by atoms with van der Waals surface area (Å²) in [5.41, 5.74) is 12.8. The molecule has 2 amide bonds. The Hall–Kier alpha value is -5.32. The molecular formula is C27H27N5O6. The lowest BCUT2D eigenvalue weighted by atomic mass is 10.0. The van der Waals surface area contributed by atoms with Gasteiger partial charge in [-0.3, -0.25) is 19.7 Å². The van der Waals surface area contributed by atoms with Crippen molar-refractivity contribution in [3.8, 4) is 11.5 Å². The van der Waals surface area contributed by atoms with Crippen LogP contribution in [0.3, 0.4) is 0 Å². The van der Waals surface area contributed by atoms with Gasteiger partial charge in [0.25, 0.3) is 17.5 Å². The lowest BCUT2D eigenvalue weighted by molar-refractivity contribution is -0.384. The summed E-state index contributed by atoms with van der Waals surface area (Å²) in [6, 6.07) is 19.1. The van der Waals surface area contributed by atoms with E-state index in [1.807, 2.05) is 0 Å². The third kappa shape index (κ3) is 6.08. The molecule has 11 heteroatoms. The molecule has 0 spiro atoms. The van der Waals surface area contributed by atoms with Crippen LogP contribution in [-0.4, -0.2) is 47.9 Å². The van der Waals surface area contributed by atoms with E-state index in [0.717, 1.165) is 0 Å². The second-order valence-electron chi connectivity index (χ2n) is 8.33. The molecular weight excluding hydrogens is 490 g/mol. The lowest BCUT2D eigenvalue weighted by Crippen LogP contribution is -2.21. The quantitative estimate of drug-likeness (QED) is 0.131. The van der Waals surface area contributed by atoms with E-state index in [4.69, 9.17) is 16.2 Å². The molecule has 0 bridgehead atoms. The average Bonchev–Trinajstić information content (AvgIpc) is 2.90. The van der Waals surface area contributed by atoms with Crippen LogP contribution in [-0.2, 0) is 0 Å². The first kappa shape index (κ1) is 27.3. The molecule has 0 saturated heterocycles. The fraction of sp³-hybridized carbons (Fsp3) is 0.111. The lowest BCUT2D eigenvalue weighted by Gasteiger charge is -2.11. The Balaban J connectivity index is 0.000000244. The maximum Gasteiger partial charge on any atom is 0.271 e. The van der Waals surface area contributed by atoms with Gasteiger partial charge >= 0.3 is 0 Å². The molecule has 0 radical (unpaired) electrons. The fourth-order valence-electron chi connectivity index (χ4n) is 3.56. The molecule has 0 fully saturated rings. The van der Waals surface area contributed by atoms with E-state index in [2.05, 4.69) is 5.32 Å². The molecule has 0 heterocycles. The Morgan fingerprint density at radius 2 is 1.71 bits per heavy atom. The van der Waals surface area contributed by atoms with Gasteiger partial charge in [0.1, 0.15) is 5.75 Å². The van der Waals surface area contributed by atoms with Crippen molar-refractivity contribution < 1.29 is 24.4 Å². The molecule has 4 rings (SSSR count). The summed E-state index contributed by atoms with van der Waals surface area (Å²) in [5.74, 6) is -0.415. The van der Waals surface area contributed by atoms with Crippen LogP contribution in [0.15, 0.2) is 72.8 Å². The molecule has 0 aliphatic carbocycles. The highest BCUT2D eigenvalue weighted by Gasteiger charge is 2.17. The topological polar surface area (TPSA) is 174 Å².